The van der Waals surface area contributed by atoms with Crippen molar-refractivity contribution in [1.29, 1.82) is 0 Å². The molecule has 1 N–H and O–H groups in total. The van der Waals surface area contributed by atoms with Gasteiger partial charge in [0.2, 0.25) is 0 Å². The molecule has 0 radical (unpaired) electrons. The summed E-state index contributed by atoms with van der Waals surface area (Å²) in [6.45, 7) is 1.80. The molecule has 1 nitrogen and oxygen atoms in total. The van der Waals surface area contributed by atoms with Crippen molar-refractivity contribution in [3.63, 3.8) is 0 Å². The molecule has 0 aromatic heterocycles. The minimum atomic E-state index is -0.463. The highest BCUT2D eigenvalue weighted by atomic mass is 35.5. The minimum Gasteiger partial charge on any atom is -0.388 e. The number of aliphatic hydroxyl groups excluding tert-OH is 1. The molecule has 1 aromatic carbocycles. The highest BCUT2D eigenvalue weighted by Crippen LogP contribution is 2.20. The molecule has 1 atom stereocenters. The van der Waals surface area contributed by atoms with Crippen LogP contribution in [0, 0.1) is 11.8 Å². The van der Waals surface area contributed by atoms with Gasteiger partial charge in [0.1, 0.15) is 0 Å². The molecular weight excluding hydrogens is 196 g/mol. The van der Waals surface area contributed by atoms with E-state index in [2.05, 4.69) is 11.8 Å². The van der Waals surface area contributed by atoms with E-state index in [9.17, 15) is 5.11 Å². The van der Waals surface area contributed by atoms with Gasteiger partial charge in [-0.2, -0.15) is 0 Å². The maximum atomic E-state index is 9.75. The van der Waals surface area contributed by atoms with E-state index in [1.165, 1.54) is 0 Å². The standard InChI is InChI=1S/C12H13ClO/c1-2-3-4-8-12(14)10-6-5-7-11(13)9-10/h5-7,9,12,14H,4,8H2,1H3. The van der Waals surface area contributed by atoms with Gasteiger partial charge in [-0.25, -0.2) is 0 Å². The average Bonchev–Trinajstić information content (AvgIpc) is 2.18. The molecule has 0 amide bonds. The molecule has 0 aliphatic carbocycles. The fraction of sp³-hybridized carbons (Fsp3) is 0.333. The van der Waals surface area contributed by atoms with Gasteiger partial charge in [0.25, 0.3) is 0 Å². The lowest BCUT2D eigenvalue weighted by Gasteiger charge is -2.08. The average molecular weight is 209 g/mol. The molecule has 0 fully saturated rings. The van der Waals surface area contributed by atoms with Gasteiger partial charge >= 0.3 is 0 Å². The van der Waals surface area contributed by atoms with E-state index in [4.69, 9.17) is 11.6 Å². The zero-order valence-corrected chi connectivity index (χ0v) is 8.88. The van der Waals surface area contributed by atoms with Crippen molar-refractivity contribution in [3.8, 4) is 11.8 Å². The first-order valence-corrected chi connectivity index (χ1v) is 4.95. The third-order valence-electron chi connectivity index (χ3n) is 1.95. The van der Waals surface area contributed by atoms with Gasteiger partial charge in [0.15, 0.2) is 0 Å². The number of aliphatic hydroxyl groups is 1. The zero-order chi connectivity index (χ0) is 10.4. The quantitative estimate of drug-likeness (QED) is 0.757. The molecule has 0 saturated heterocycles. The van der Waals surface area contributed by atoms with Crippen molar-refractivity contribution in [2.75, 3.05) is 0 Å². The van der Waals surface area contributed by atoms with Crippen molar-refractivity contribution in [1.82, 2.24) is 0 Å². The lowest BCUT2D eigenvalue weighted by Crippen LogP contribution is -1.96. The Morgan fingerprint density at radius 1 is 1.50 bits per heavy atom. The van der Waals surface area contributed by atoms with E-state index in [1.807, 2.05) is 12.1 Å². The van der Waals surface area contributed by atoms with Crippen LogP contribution in [0.1, 0.15) is 31.4 Å². The van der Waals surface area contributed by atoms with Gasteiger partial charge in [-0.05, 0) is 31.0 Å². The SMILES string of the molecule is CC#CCCC(O)c1cccc(Cl)c1. The molecule has 14 heavy (non-hydrogen) atoms. The van der Waals surface area contributed by atoms with Crippen molar-refractivity contribution in [3.05, 3.63) is 34.9 Å². The van der Waals surface area contributed by atoms with Crippen LogP contribution in [0.3, 0.4) is 0 Å². The first-order valence-electron chi connectivity index (χ1n) is 4.57. The fourth-order valence-corrected chi connectivity index (χ4v) is 1.41. The van der Waals surface area contributed by atoms with E-state index < -0.39 is 6.10 Å². The fourth-order valence-electron chi connectivity index (χ4n) is 1.21. The van der Waals surface area contributed by atoms with Crippen LogP contribution in [0.25, 0.3) is 0 Å². The highest BCUT2D eigenvalue weighted by Gasteiger charge is 2.06. The van der Waals surface area contributed by atoms with Gasteiger partial charge in [-0.3, -0.25) is 0 Å². The van der Waals surface area contributed by atoms with Crippen LogP contribution in [0.15, 0.2) is 24.3 Å². The molecule has 0 heterocycles. The molecule has 2 heteroatoms. The van der Waals surface area contributed by atoms with E-state index in [1.54, 1.807) is 19.1 Å². The maximum Gasteiger partial charge on any atom is 0.0799 e. The minimum absolute atomic E-state index is 0.463. The number of halogens is 1. The first-order chi connectivity index (χ1) is 6.74. The van der Waals surface area contributed by atoms with Crippen LogP contribution >= 0.6 is 11.6 Å². The van der Waals surface area contributed by atoms with Crippen molar-refractivity contribution in [2.24, 2.45) is 0 Å². The van der Waals surface area contributed by atoms with Crippen LogP contribution in [0.2, 0.25) is 5.02 Å². The number of hydrogen-bond donors (Lipinski definition) is 1. The molecule has 0 aliphatic heterocycles. The Labute approximate surface area is 89.7 Å². The maximum absolute atomic E-state index is 9.75. The summed E-state index contributed by atoms with van der Waals surface area (Å²) in [5, 5.41) is 10.4. The highest BCUT2D eigenvalue weighted by molar-refractivity contribution is 6.30. The van der Waals surface area contributed by atoms with Gasteiger partial charge in [-0.1, -0.05) is 23.7 Å². The van der Waals surface area contributed by atoms with Crippen LogP contribution in [-0.4, -0.2) is 5.11 Å². The van der Waals surface area contributed by atoms with E-state index in [0.717, 1.165) is 5.56 Å². The summed E-state index contributed by atoms with van der Waals surface area (Å²) in [7, 11) is 0. The Bertz CT molecular complexity index is 349. The van der Waals surface area contributed by atoms with Crippen LogP contribution in [-0.2, 0) is 0 Å². The summed E-state index contributed by atoms with van der Waals surface area (Å²) in [5.74, 6) is 5.72. The second-order valence-electron chi connectivity index (χ2n) is 3.04. The zero-order valence-electron chi connectivity index (χ0n) is 8.13. The molecular formula is C12H13ClO. The molecule has 0 bridgehead atoms. The Kier molecular flexibility index (Phi) is 4.52. The number of hydrogen-bond acceptors (Lipinski definition) is 1. The Hall–Kier alpha value is -0.970. The van der Waals surface area contributed by atoms with Gasteiger partial charge in [-0.15, -0.1) is 11.8 Å². The van der Waals surface area contributed by atoms with Crippen molar-refractivity contribution in [2.45, 2.75) is 25.9 Å². The van der Waals surface area contributed by atoms with E-state index in [-0.39, 0.29) is 0 Å². The molecule has 74 valence electrons. The molecule has 1 unspecified atom stereocenters. The summed E-state index contributed by atoms with van der Waals surface area (Å²) < 4.78 is 0. The van der Waals surface area contributed by atoms with Crippen molar-refractivity contribution >= 4 is 11.6 Å². The van der Waals surface area contributed by atoms with Crippen LogP contribution in [0.4, 0.5) is 0 Å². The van der Waals surface area contributed by atoms with Crippen molar-refractivity contribution < 1.29 is 5.11 Å². The number of rotatable bonds is 3. The second-order valence-corrected chi connectivity index (χ2v) is 3.47. The summed E-state index contributed by atoms with van der Waals surface area (Å²) in [6, 6.07) is 7.29. The van der Waals surface area contributed by atoms with Gasteiger partial charge < -0.3 is 5.11 Å². The largest absolute Gasteiger partial charge is 0.388 e. The van der Waals surface area contributed by atoms with E-state index >= 15 is 0 Å². The first kappa shape index (κ1) is 11.1. The Balaban J connectivity index is 2.58. The topological polar surface area (TPSA) is 20.2 Å². The third kappa shape index (κ3) is 3.41. The molecule has 0 saturated carbocycles. The predicted molar refractivity (Wildman–Crippen MR) is 59.1 cm³/mol. The van der Waals surface area contributed by atoms with Crippen LogP contribution in [0.5, 0.6) is 0 Å². The Morgan fingerprint density at radius 3 is 2.93 bits per heavy atom. The summed E-state index contributed by atoms with van der Waals surface area (Å²) in [6.07, 6.45) is 0.903. The molecule has 1 aromatic rings. The second kappa shape index (κ2) is 5.70. The van der Waals surface area contributed by atoms with E-state index in [0.29, 0.717) is 17.9 Å². The molecule has 0 aliphatic rings. The Morgan fingerprint density at radius 2 is 2.29 bits per heavy atom. The lowest BCUT2D eigenvalue weighted by molar-refractivity contribution is 0.169. The van der Waals surface area contributed by atoms with Gasteiger partial charge in [0, 0.05) is 11.4 Å². The summed E-state index contributed by atoms with van der Waals surface area (Å²) >= 11 is 5.81. The molecule has 0 spiro atoms. The summed E-state index contributed by atoms with van der Waals surface area (Å²) in [4.78, 5) is 0. The van der Waals surface area contributed by atoms with Gasteiger partial charge in [0.05, 0.1) is 6.10 Å². The smallest absolute Gasteiger partial charge is 0.0799 e. The summed E-state index contributed by atoms with van der Waals surface area (Å²) in [5.41, 5.74) is 0.857. The monoisotopic (exact) mass is 208 g/mol. The predicted octanol–water partition coefficient (Wildman–Crippen LogP) is 3.18. The third-order valence-corrected chi connectivity index (χ3v) is 2.19. The normalized spacial score (nSPS) is 11.6. The lowest BCUT2D eigenvalue weighted by atomic mass is 10.1. The number of benzene rings is 1. The van der Waals surface area contributed by atoms with Crippen LogP contribution < -0.4 is 0 Å². The molecule has 1 rings (SSSR count).